The van der Waals surface area contributed by atoms with Crippen molar-refractivity contribution in [2.24, 2.45) is 11.7 Å². The number of benzene rings is 1. The summed E-state index contributed by atoms with van der Waals surface area (Å²) in [5.74, 6) is 0.710. The lowest BCUT2D eigenvalue weighted by atomic mass is 9.94. The average molecular weight is 260 g/mol. The Kier molecular flexibility index (Phi) is 4.64. The summed E-state index contributed by atoms with van der Waals surface area (Å²) in [4.78, 5) is 2.65. The summed E-state index contributed by atoms with van der Waals surface area (Å²) in [6.07, 6.45) is 2.63. The molecule has 1 aliphatic rings. The summed E-state index contributed by atoms with van der Waals surface area (Å²) in [6.45, 7) is 11.0. The average Bonchev–Trinajstić information content (AvgIpc) is 2.85. The molecule has 19 heavy (non-hydrogen) atoms. The van der Waals surface area contributed by atoms with Gasteiger partial charge in [-0.1, -0.05) is 32.0 Å². The molecule has 0 bridgehead atoms. The lowest BCUT2D eigenvalue weighted by molar-refractivity contribution is 0.149. The Balaban J connectivity index is 2.31. The monoisotopic (exact) mass is 260 g/mol. The fraction of sp³-hybridized carbons (Fsp3) is 0.647. The van der Waals surface area contributed by atoms with Crippen LogP contribution in [0, 0.1) is 19.8 Å². The summed E-state index contributed by atoms with van der Waals surface area (Å²) in [5.41, 5.74) is 10.3. The van der Waals surface area contributed by atoms with Crippen LogP contribution in [0.1, 0.15) is 49.4 Å². The quantitative estimate of drug-likeness (QED) is 0.898. The molecule has 1 fully saturated rings. The molecule has 1 saturated heterocycles. The highest BCUT2D eigenvalue weighted by atomic mass is 15.2. The molecule has 2 atom stereocenters. The van der Waals surface area contributed by atoms with E-state index in [4.69, 9.17) is 5.73 Å². The fourth-order valence-corrected chi connectivity index (χ4v) is 3.49. The summed E-state index contributed by atoms with van der Waals surface area (Å²) < 4.78 is 0. The van der Waals surface area contributed by atoms with Gasteiger partial charge in [-0.15, -0.1) is 0 Å². The highest BCUT2D eigenvalue weighted by molar-refractivity contribution is 5.35. The second kappa shape index (κ2) is 6.06. The van der Waals surface area contributed by atoms with Gasteiger partial charge in [-0.2, -0.15) is 0 Å². The van der Waals surface area contributed by atoms with E-state index in [2.05, 4.69) is 50.8 Å². The normalized spacial score (nSPS) is 22.1. The zero-order chi connectivity index (χ0) is 14.0. The predicted octanol–water partition coefficient (Wildman–Crippen LogP) is 3.42. The first-order chi connectivity index (χ1) is 9.06. The van der Waals surface area contributed by atoms with Crippen molar-refractivity contribution < 1.29 is 0 Å². The van der Waals surface area contributed by atoms with Gasteiger partial charge in [0, 0.05) is 18.6 Å². The zero-order valence-electron chi connectivity index (χ0n) is 12.8. The van der Waals surface area contributed by atoms with Crippen molar-refractivity contribution in [2.45, 2.75) is 52.6 Å². The van der Waals surface area contributed by atoms with Gasteiger partial charge in [0.1, 0.15) is 0 Å². The summed E-state index contributed by atoms with van der Waals surface area (Å²) in [5, 5.41) is 0. The highest BCUT2D eigenvalue weighted by Crippen LogP contribution is 2.34. The van der Waals surface area contributed by atoms with E-state index >= 15 is 0 Å². The molecule has 0 radical (unpaired) electrons. The first-order valence-corrected chi connectivity index (χ1v) is 7.58. The van der Waals surface area contributed by atoms with Crippen LogP contribution in [0.15, 0.2) is 18.2 Å². The fourth-order valence-electron chi connectivity index (χ4n) is 3.49. The molecule has 1 aliphatic heterocycles. The van der Waals surface area contributed by atoms with Gasteiger partial charge in [0.25, 0.3) is 0 Å². The Morgan fingerprint density at radius 3 is 2.68 bits per heavy atom. The molecule has 0 spiro atoms. The smallest absolute Gasteiger partial charge is 0.0476 e. The van der Waals surface area contributed by atoms with Gasteiger partial charge in [-0.3, -0.25) is 4.90 Å². The van der Waals surface area contributed by atoms with Gasteiger partial charge in [0.2, 0.25) is 0 Å². The molecule has 106 valence electrons. The lowest BCUT2D eigenvalue weighted by Crippen LogP contribution is -2.40. The molecule has 0 amide bonds. The van der Waals surface area contributed by atoms with E-state index in [0.29, 0.717) is 24.5 Å². The van der Waals surface area contributed by atoms with Crippen molar-refractivity contribution in [3.63, 3.8) is 0 Å². The number of hydrogen-bond donors (Lipinski definition) is 1. The lowest BCUT2D eigenvalue weighted by Gasteiger charge is -2.35. The summed E-state index contributed by atoms with van der Waals surface area (Å²) >= 11 is 0. The first kappa shape index (κ1) is 14.5. The molecule has 2 heteroatoms. The van der Waals surface area contributed by atoms with Crippen molar-refractivity contribution >= 4 is 0 Å². The Hall–Kier alpha value is -0.860. The van der Waals surface area contributed by atoms with Crippen molar-refractivity contribution in [3.05, 3.63) is 34.9 Å². The van der Waals surface area contributed by atoms with Gasteiger partial charge in [0.15, 0.2) is 0 Å². The van der Waals surface area contributed by atoms with Crippen LogP contribution in [0.5, 0.6) is 0 Å². The van der Waals surface area contributed by atoms with Crippen LogP contribution >= 0.6 is 0 Å². The van der Waals surface area contributed by atoms with Crippen molar-refractivity contribution in [1.29, 1.82) is 0 Å². The zero-order valence-corrected chi connectivity index (χ0v) is 12.8. The molecule has 1 aromatic carbocycles. The van der Waals surface area contributed by atoms with Crippen LogP contribution in [-0.2, 0) is 0 Å². The molecule has 1 aromatic rings. The molecule has 2 unspecified atom stereocenters. The minimum atomic E-state index is 0.384. The highest BCUT2D eigenvalue weighted by Gasteiger charge is 2.33. The maximum atomic E-state index is 6.12. The van der Waals surface area contributed by atoms with E-state index in [1.165, 1.54) is 36.1 Å². The molecular weight excluding hydrogens is 232 g/mol. The van der Waals surface area contributed by atoms with E-state index in [0.717, 1.165) is 0 Å². The third kappa shape index (κ3) is 2.85. The SMILES string of the molecule is Cc1cccc(C(CN)N2CCCC2C(C)C)c1C. The third-order valence-corrected chi connectivity index (χ3v) is 4.74. The Bertz CT molecular complexity index is 425. The van der Waals surface area contributed by atoms with E-state index in [1.54, 1.807) is 0 Å². The largest absolute Gasteiger partial charge is 0.329 e. The minimum absolute atomic E-state index is 0.384. The Morgan fingerprint density at radius 1 is 1.32 bits per heavy atom. The van der Waals surface area contributed by atoms with Crippen LogP contribution in [0.4, 0.5) is 0 Å². The maximum Gasteiger partial charge on any atom is 0.0476 e. The van der Waals surface area contributed by atoms with Crippen LogP contribution in [0.3, 0.4) is 0 Å². The van der Waals surface area contributed by atoms with Crippen molar-refractivity contribution in [1.82, 2.24) is 4.90 Å². The van der Waals surface area contributed by atoms with Crippen molar-refractivity contribution in [2.75, 3.05) is 13.1 Å². The number of nitrogens with two attached hydrogens (primary N) is 1. The van der Waals surface area contributed by atoms with Crippen molar-refractivity contribution in [3.8, 4) is 0 Å². The van der Waals surface area contributed by atoms with E-state index < -0.39 is 0 Å². The molecule has 0 aromatic heterocycles. The minimum Gasteiger partial charge on any atom is -0.329 e. The summed E-state index contributed by atoms with van der Waals surface area (Å²) in [7, 11) is 0. The van der Waals surface area contributed by atoms with Gasteiger partial charge >= 0.3 is 0 Å². The van der Waals surface area contributed by atoms with Gasteiger partial charge in [0.05, 0.1) is 0 Å². The number of rotatable bonds is 4. The molecule has 2 N–H and O–H groups in total. The van der Waals surface area contributed by atoms with Crippen LogP contribution in [0.2, 0.25) is 0 Å². The predicted molar refractivity (Wildman–Crippen MR) is 82.3 cm³/mol. The maximum absolute atomic E-state index is 6.12. The molecule has 2 rings (SSSR count). The standard InChI is InChI=1S/C17H28N2/c1-12(2)16-9-6-10-19(16)17(11-18)15-8-5-7-13(3)14(15)4/h5,7-8,12,16-17H,6,9-11,18H2,1-4H3. The number of hydrogen-bond acceptors (Lipinski definition) is 2. The molecule has 2 nitrogen and oxygen atoms in total. The molecular formula is C17H28N2. The number of aryl methyl sites for hydroxylation is 1. The summed E-state index contributed by atoms with van der Waals surface area (Å²) in [6, 6.07) is 7.69. The van der Waals surface area contributed by atoms with E-state index in [-0.39, 0.29) is 0 Å². The molecule has 0 aliphatic carbocycles. The van der Waals surface area contributed by atoms with E-state index in [9.17, 15) is 0 Å². The van der Waals surface area contributed by atoms with Crippen LogP contribution < -0.4 is 5.73 Å². The molecule has 0 saturated carbocycles. The second-order valence-corrected chi connectivity index (χ2v) is 6.23. The topological polar surface area (TPSA) is 29.3 Å². The van der Waals surface area contributed by atoms with Crippen LogP contribution in [-0.4, -0.2) is 24.0 Å². The number of likely N-dealkylation sites (tertiary alicyclic amines) is 1. The van der Waals surface area contributed by atoms with E-state index in [1.807, 2.05) is 0 Å². The Labute approximate surface area is 118 Å². The molecule has 1 heterocycles. The first-order valence-electron chi connectivity index (χ1n) is 7.58. The van der Waals surface area contributed by atoms with Gasteiger partial charge < -0.3 is 5.73 Å². The van der Waals surface area contributed by atoms with Gasteiger partial charge in [-0.25, -0.2) is 0 Å². The van der Waals surface area contributed by atoms with Crippen LogP contribution in [0.25, 0.3) is 0 Å². The third-order valence-electron chi connectivity index (χ3n) is 4.74. The number of nitrogens with zero attached hydrogens (tertiary/aromatic N) is 1. The van der Waals surface area contributed by atoms with Gasteiger partial charge in [-0.05, 0) is 55.8 Å². The second-order valence-electron chi connectivity index (χ2n) is 6.23. The Morgan fingerprint density at radius 2 is 2.05 bits per heavy atom.